The summed E-state index contributed by atoms with van der Waals surface area (Å²) in [6.07, 6.45) is 1.58. The van der Waals surface area contributed by atoms with Gasteiger partial charge < -0.3 is 11.1 Å². The maximum absolute atomic E-state index is 8.95. The van der Waals surface area contributed by atoms with Crippen LogP contribution in [-0.2, 0) is 0 Å². The van der Waals surface area contributed by atoms with E-state index in [9.17, 15) is 0 Å². The number of nitrogens with zero attached hydrogens (tertiary/aromatic N) is 2. The largest absolute Gasteiger partial charge is 0.389 e. The number of anilines is 3. The quantitative estimate of drug-likeness (QED) is 0.892. The van der Waals surface area contributed by atoms with Gasteiger partial charge in [-0.2, -0.15) is 5.26 Å². The Morgan fingerprint density at radius 1 is 1.50 bits per heavy atom. The van der Waals surface area contributed by atoms with Crippen molar-refractivity contribution in [2.75, 3.05) is 11.1 Å². The van der Waals surface area contributed by atoms with Gasteiger partial charge in [-0.15, -0.1) is 0 Å². The summed E-state index contributed by atoms with van der Waals surface area (Å²) < 4.78 is 0.901. The lowest BCUT2D eigenvalue weighted by Crippen LogP contribution is -1.92. The molecule has 4 nitrogen and oxygen atoms in total. The van der Waals surface area contributed by atoms with E-state index in [1.807, 2.05) is 12.1 Å². The number of nitriles is 1. The predicted octanol–water partition coefficient (Wildman–Crippen LogP) is 3.10. The number of benzene rings is 1. The zero-order chi connectivity index (χ0) is 11.5. The van der Waals surface area contributed by atoms with Crippen LogP contribution in [0.15, 0.2) is 28.9 Å². The van der Waals surface area contributed by atoms with Gasteiger partial charge in [0.15, 0.2) is 5.13 Å². The first kappa shape index (κ1) is 10.9. The molecule has 0 radical (unpaired) electrons. The van der Waals surface area contributed by atoms with Crippen molar-refractivity contribution in [3.05, 3.63) is 34.4 Å². The molecular weight excluding hydrogens is 288 g/mol. The van der Waals surface area contributed by atoms with Crippen LogP contribution in [0.1, 0.15) is 5.56 Å². The maximum atomic E-state index is 8.95. The monoisotopic (exact) mass is 294 g/mol. The third kappa shape index (κ3) is 2.32. The molecule has 1 aromatic carbocycles. The van der Waals surface area contributed by atoms with Gasteiger partial charge >= 0.3 is 0 Å². The summed E-state index contributed by atoms with van der Waals surface area (Å²) in [4.78, 5) is 4.07. The normalized spacial score (nSPS) is 9.75. The minimum atomic E-state index is 0.567. The van der Waals surface area contributed by atoms with Gasteiger partial charge in [0, 0.05) is 4.47 Å². The maximum Gasteiger partial charge on any atom is 0.189 e. The average Bonchev–Trinajstić information content (AvgIpc) is 2.64. The number of nitrogens with one attached hydrogen (secondary N) is 1. The Morgan fingerprint density at radius 3 is 2.94 bits per heavy atom. The highest BCUT2D eigenvalue weighted by Crippen LogP contribution is 2.27. The molecule has 16 heavy (non-hydrogen) atoms. The van der Waals surface area contributed by atoms with Crippen molar-refractivity contribution in [1.82, 2.24) is 4.98 Å². The first-order valence-electron chi connectivity index (χ1n) is 4.37. The lowest BCUT2D eigenvalue weighted by atomic mass is 10.2. The molecule has 0 saturated heterocycles. The van der Waals surface area contributed by atoms with Crippen molar-refractivity contribution in [1.29, 1.82) is 5.26 Å². The number of hydrogen-bond acceptors (Lipinski definition) is 5. The topological polar surface area (TPSA) is 74.7 Å². The van der Waals surface area contributed by atoms with Crippen molar-refractivity contribution in [3.8, 4) is 6.07 Å². The highest BCUT2D eigenvalue weighted by atomic mass is 79.9. The van der Waals surface area contributed by atoms with E-state index in [1.54, 1.807) is 12.3 Å². The van der Waals surface area contributed by atoms with Crippen LogP contribution in [0.5, 0.6) is 0 Å². The minimum absolute atomic E-state index is 0.567. The number of hydrogen-bond donors (Lipinski definition) is 2. The second kappa shape index (κ2) is 4.51. The molecular formula is C10H7BrN4S. The third-order valence-electron chi connectivity index (χ3n) is 1.87. The van der Waals surface area contributed by atoms with Crippen LogP contribution < -0.4 is 11.1 Å². The van der Waals surface area contributed by atoms with Gasteiger partial charge in [-0.3, -0.25) is 0 Å². The average molecular weight is 295 g/mol. The van der Waals surface area contributed by atoms with E-state index >= 15 is 0 Å². The van der Waals surface area contributed by atoms with Crippen LogP contribution in [0.3, 0.4) is 0 Å². The lowest BCUT2D eigenvalue weighted by Gasteiger charge is -2.04. The fraction of sp³-hybridized carbons (Fsp3) is 0. The van der Waals surface area contributed by atoms with Crippen LogP contribution >= 0.6 is 27.3 Å². The van der Waals surface area contributed by atoms with Gasteiger partial charge in [-0.05, 0) is 18.2 Å². The SMILES string of the molecule is N#Cc1ccc(Br)cc1Nc1ncc(N)s1. The summed E-state index contributed by atoms with van der Waals surface area (Å²) in [6.45, 7) is 0. The fourth-order valence-electron chi connectivity index (χ4n) is 1.18. The smallest absolute Gasteiger partial charge is 0.189 e. The summed E-state index contributed by atoms with van der Waals surface area (Å²) in [5.41, 5.74) is 6.86. The number of halogens is 1. The van der Waals surface area contributed by atoms with Gasteiger partial charge in [-0.25, -0.2) is 4.98 Å². The Morgan fingerprint density at radius 2 is 2.31 bits per heavy atom. The highest BCUT2D eigenvalue weighted by molar-refractivity contribution is 9.10. The summed E-state index contributed by atoms with van der Waals surface area (Å²) >= 11 is 4.69. The molecule has 0 amide bonds. The molecule has 0 unspecified atom stereocenters. The molecule has 0 bridgehead atoms. The summed E-state index contributed by atoms with van der Waals surface area (Å²) in [5, 5.41) is 13.3. The Bertz CT molecular complexity index is 558. The van der Waals surface area contributed by atoms with Crippen molar-refractivity contribution in [3.63, 3.8) is 0 Å². The number of thiazole rings is 1. The number of nitrogen functional groups attached to an aromatic ring is 1. The first-order valence-corrected chi connectivity index (χ1v) is 5.98. The van der Waals surface area contributed by atoms with Crippen LogP contribution in [-0.4, -0.2) is 4.98 Å². The molecule has 2 aromatic rings. The molecule has 80 valence electrons. The zero-order valence-corrected chi connectivity index (χ0v) is 10.5. The third-order valence-corrected chi connectivity index (χ3v) is 3.10. The van der Waals surface area contributed by atoms with Crippen molar-refractivity contribution < 1.29 is 0 Å². The standard InChI is InChI=1S/C10H7BrN4S/c11-7-2-1-6(4-12)8(3-7)15-10-14-5-9(13)16-10/h1-3,5H,13H2,(H,14,15). The van der Waals surface area contributed by atoms with Gasteiger partial charge in [0.05, 0.1) is 17.4 Å². The number of aromatic nitrogens is 1. The molecule has 0 fully saturated rings. The Labute approximate surface area is 105 Å². The van der Waals surface area contributed by atoms with Crippen molar-refractivity contribution >= 4 is 43.1 Å². The van der Waals surface area contributed by atoms with Gasteiger partial charge in [0.25, 0.3) is 0 Å². The van der Waals surface area contributed by atoms with Gasteiger partial charge in [-0.1, -0.05) is 27.3 Å². The van der Waals surface area contributed by atoms with Crippen LogP contribution in [0, 0.1) is 11.3 Å². The second-order valence-electron chi connectivity index (χ2n) is 2.99. The summed E-state index contributed by atoms with van der Waals surface area (Å²) in [5.74, 6) is 0. The fourth-order valence-corrected chi connectivity index (χ4v) is 2.13. The van der Waals surface area contributed by atoms with Crippen molar-refractivity contribution in [2.24, 2.45) is 0 Å². The van der Waals surface area contributed by atoms with Crippen LogP contribution in [0.2, 0.25) is 0 Å². The molecule has 0 spiro atoms. The molecule has 6 heteroatoms. The Hall–Kier alpha value is -1.58. The first-order chi connectivity index (χ1) is 7.69. The number of nitrogens with two attached hydrogens (primary N) is 1. The Kier molecular flexibility index (Phi) is 3.08. The Balaban J connectivity index is 2.34. The number of rotatable bonds is 2. The van der Waals surface area contributed by atoms with Crippen LogP contribution in [0.25, 0.3) is 0 Å². The molecule has 0 saturated carbocycles. The highest BCUT2D eigenvalue weighted by Gasteiger charge is 2.05. The van der Waals surface area contributed by atoms with Gasteiger partial charge in [0.1, 0.15) is 11.1 Å². The van der Waals surface area contributed by atoms with Gasteiger partial charge in [0.2, 0.25) is 0 Å². The molecule has 0 atom stereocenters. The van der Waals surface area contributed by atoms with E-state index in [-0.39, 0.29) is 0 Å². The molecule has 2 rings (SSSR count). The lowest BCUT2D eigenvalue weighted by molar-refractivity contribution is 1.38. The van der Waals surface area contributed by atoms with E-state index in [4.69, 9.17) is 11.0 Å². The molecule has 1 aromatic heterocycles. The van der Waals surface area contributed by atoms with Crippen LogP contribution in [0.4, 0.5) is 15.8 Å². The van der Waals surface area contributed by atoms with E-state index in [1.165, 1.54) is 11.3 Å². The zero-order valence-electron chi connectivity index (χ0n) is 8.07. The molecule has 0 aliphatic rings. The van der Waals surface area contributed by atoms with E-state index in [2.05, 4.69) is 32.3 Å². The van der Waals surface area contributed by atoms with E-state index in [0.29, 0.717) is 21.4 Å². The molecule has 3 N–H and O–H groups in total. The molecule has 1 heterocycles. The second-order valence-corrected chi connectivity index (χ2v) is 4.97. The summed E-state index contributed by atoms with van der Waals surface area (Å²) in [7, 11) is 0. The molecule has 0 aliphatic heterocycles. The predicted molar refractivity (Wildman–Crippen MR) is 68.7 cm³/mol. The van der Waals surface area contributed by atoms with Crippen molar-refractivity contribution in [2.45, 2.75) is 0 Å². The van der Waals surface area contributed by atoms with E-state index in [0.717, 1.165) is 4.47 Å². The minimum Gasteiger partial charge on any atom is -0.389 e. The molecule has 0 aliphatic carbocycles. The summed E-state index contributed by atoms with van der Waals surface area (Å²) in [6, 6.07) is 7.50. The van der Waals surface area contributed by atoms with E-state index < -0.39 is 0 Å².